The molecule has 0 aromatic carbocycles. The van der Waals surface area contributed by atoms with Crippen LogP contribution in [-0.4, -0.2) is 34.5 Å². The fraction of sp³-hybridized carbons (Fsp3) is 1.00. The maximum atomic E-state index is 5.72. The van der Waals surface area contributed by atoms with E-state index in [4.69, 9.17) is 15.4 Å². The predicted octanol–water partition coefficient (Wildman–Crippen LogP) is -5.09. The van der Waals surface area contributed by atoms with E-state index in [0.29, 0.717) is 0 Å². The third-order valence-electron chi connectivity index (χ3n) is 2.80. The minimum absolute atomic E-state index is 0. The molecular weight excluding hydrogens is 411 g/mol. The van der Waals surface area contributed by atoms with E-state index in [1.54, 1.807) is 0 Å². The Hall–Kier alpha value is 0.720. The first-order valence-electron chi connectivity index (χ1n) is 9.68. The van der Waals surface area contributed by atoms with E-state index in [9.17, 15) is 0 Å². The van der Waals surface area contributed by atoms with Gasteiger partial charge in [0.05, 0.1) is 33.2 Å². The van der Waals surface area contributed by atoms with E-state index in [2.05, 4.69) is 41.5 Å². The van der Waals surface area contributed by atoms with E-state index >= 15 is 0 Å². The standard InChI is InChI=1S/3C6H16NS.3FH/c3*1-3-5-8(7)6-4-2;;;/h3*3-7H2,1-2H3;3*1H/q3*+1;;;/p-3. The number of nitrogens with two attached hydrogens (primary N) is 3. The summed E-state index contributed by atoms with van der Waals surface area (Å²) < 4.78 is 0. The summed E-state index contributed by atoms with van der Waals surface area (Å²) in [6.07, 6.45) is 7.41. The van der Waals surface area contributed by atoms with Crippen molar-refractivity contribution in [1.29, 1.82) is 0 Å². The molecule has 0 spiro atoms. The molecule has 0 unspecified atom stereocenters. The van der Waals surface area contributed by atoms with Gasteiger partial charge >= 0.3 is 0 Å². The Morgan fingerprint density at radius 1 is 0.370 bits per heavy atom. The van der Waals surface area contributed by atoms with Crippen LogP contribution in [0.2, 0.25) is 0 Å². The van der Waals surface area contributed by atoms with Crippen molar-refractivity contribution in [2.45, 2.75) is 80.1 Å². The van der Waals surface area contributed by atoms with Gasteiger partial charge in [-0.1, -0.05) is 41.5 Å². The van der Waals surface area contributed by atoms with Gasteiger partial charge in [-0.3, -0.25) is 0 Å². The highest BCUT2D eigenvalue weighted by Gasteiger charge is 2.07. The topological polar surface area (TPSA) is 78.1 Å². The van der Waals surface area contributed by atoms with Crippen LogP contribution in [0.25, 0.3) is 0 Å². The van der Waals surface area contributed by atoms with Crippen molar-refractivity contribution in [1.82, 2.24) is 0 Å². The smallest absolute Gasteiger partial charge is 0.127 e. The molecule has 6 N–H and O–H groups in total. The van der Waals surface area contributed by atoms with Gasteiger partial charge in [0, 0.05) is 0 Å². The summed E-state index contributed by atoms with van der Waals surface area (Å²) >= 11 is 0.690. The number of hydrogen-bond donors (Lipinski definition) is 3. The first kappa shape index (κ1) is 42.0. The summed E-state index contributed by atoms with van der Waals surface area (Å²) in [7, 11) is 0. The lowest BCUT2D eigenvalue weighted by Crippen LogP contribution is -3.00. The van der Waals surface area contributed by atoms with Crippen molar-refractivity contribution in [2.24, 2.45) is 15.4 Å². The maximum Gasteiger partial charge on any atom is 0.127 e. The Balaban J connectivity index is -0.0000000580. The Morgan fingerprint density at radius 3 is 0.556 bits per heavy atom. The van der Waals surface area contributed by atoms with E-state index in [1.807, 2.05) is 0 Å². The van der Waals surface area contributed by atoms with Crippen LogP contribution in [0, 0.1) is 0 Å². The molecule has 0 atom stereocenters. The Labute approximate surface area is 177 Å². The second-order valence-corrected chi connectivity index (χ2v) is 11.5. The molecule has 0 heterocycles. The Bertz CT molecular complexity index is 172. The third kappa shape index (κ3) is 46.6. The third-order valence-corrected chi connectivity index (χ3v) is 8.39. The average Bonchev–Trinajstić information content (AvgIpc) is 2.50. The summed E-state index contributed by atoms with van der Waals surface area (Å²) in [5, 5.41) is 17.2. The SMILES string of the molecule is CCC[S+](N)CCC.CCC[S+](N)CCC.CCC[S+](N)CCC.[F-].[F-].[F-]. The van der Waals surface area contributed by atoms with Gasteiger partial charge < -0.3 is 14.1 Å². The normalized spacial score (nSPS) is 9.33. The summed E-state index contributed by atoms with van der Waals surface area (Å²) in [5.74, 6) is 7.30. The first-order chi connectivity index (χ1) is 11.4. The average molecular weight is 460 g/mol. The molecule has 174 valence electrons. The molecule has 3 nitrogen and oxygen atoms in total. The molecular formula is C18H48F3N3S3. The second kappa shape index (κ2) is 37.5. The fourth-order valence-electron chi connectivity index (χ4n) is 1.88. The first-order valence-corrected chi connectivity index (χ1v) is 14.6. The molecule has 0 saturated carbocycles. The van der Waals surface area contributed by atoms with Crippen LogP contribution in [0.3, 0.4) is 0 Å². The van der Waals surface area contributed by atoms with Gasteiger partial charge in [0.15, 0.2) is 0 Å². The lowest BCUT2D eigenvalue weighted by atomic mass is 10.6. The largest absolute Gasteiger partial charge is 1.00 e. The van der Waals surface area contributed by atoms with Crippen molar-refractivity contribution < 1.29 is 14.1 Å². The summed E-state index contributed by atoms with van der Waals surface area (Å²) in [5.41, 5.74) is 0. The van der Waals surface area contributed by atoms with Crippen LogP contribution >= 0.6 is 0 Å². The van der Waals surface area contributed by atoms with E-state index in [1.165, 1.54) is 73.0 Å². The number of halogens is 3. The molecule has 0 aliphatic heterocycles. The zero-order valence-electron chi connectivity index (χ0n) is 18.6. The van der Waals surface area contributed by atoms with Crippen molar-refractivity contribution in [3.05, 3.63) is 0 Å². The molecule has 27 heavy (non-hydrogen) atoms. The minimum Gasteiger partial charge on any atom is -1.00 e. The fourth-order valence-corrected chi connectivity index (χ4v) is 5.64. The zero-order chi connectivity index (χ0) is 19.2. The van der Waals surface area contributed by atoms with Crippen molar-refractivity contribution in [3.63, 3.8) is 0 Å². The van der Waals surface area contributed by atoms with Crippen molar-refractivity contribution >= 4 is 33.2 Å². The molecule has 0 bridgehead atoms. The van der Waals surface area contributed by atoms with Gasteiger partial charge in [-0.2, -0.15) is 15.4 Å². The van der Waals surface area contributed by atoms with Crippen LogP contribution in [0.15, 0.2) is 0 Å². The van der Waals surface area contributed by atoms with Gasteiger partial charge in [0.2, 0.25) is 0 Å². The lowest BCUT2D eigenvalue weighted by molar-refractivity contribution is -0.00100. The summed E-state index contributed by atoms with van der Waals surface area (Å²) in [6.45, 7) is 13.1. The number of hydrogen-bond acceptors (Lipinski definition) is 3. The molecule has 0 radical (unpaired) electrons. The zero-order valence-corrected chi connectivity index (χ0v) is 21.0. The van der Waals surface area contributed by atoms with Crippen LogP contribution in [-0.2, 0) is 33.2 Å². The molecule has 9 heteroatoms. The minimum atomic E-state index is 0. The van der Waals surface area contributed by atoms with Gasteiger partial charge in [0.25, 0.3) is 0 Å². The molecule has 0 rings (SSSR count). The highest BCUT2D eigenvalue weighted by atomic mass is 32.2. The predicted molar refractivity (Wildman–Crippen MR) is 126 cm³/mol. The lowest BCUT2D eigenvalue weighted by Gasteiger charge is -1.95. The quantitative estimate of drug-likeness (QED) is 0.256. The van der Waals surface area contributed by atoms with Crippen molar-refractivity contribution in [3.8, 4) is 0 Å². The van der Waals surface area contributed by atoms with E-state index in [-0.39, 0.29) is 47.4 Å². The Morgan fingerprint density at radius 2 is 0.481 bits per heavy atom. The van der Waals surface area contributed by atoms with Crippen LogP contribution in [0.4, 0.5) is 0 Å². The Kier molecular flexibility index (Phi) is 58.2. The number of rotatable bonds is 12. The van der Waals surface area contributed by atoms with E-state index in [0.717, 1.165) is 0 Å². The highest BCUT2D eigenvalue weighted by molar-refractivity contribution is 7.95. The molecule has 0 amide bonds. The van der Waals surface area contributed by atoms with Gasteiger partial charge in [0.1, 0.15) is 34.5 Å². The molecule has 0 aromatic rings. The van der Waals surface area contributed by atoms with Gasteiger partial charge in [-0.15, -0.1) is 0 Å². The van der Waals surface area contributed by atoms with E-state index < -0.39 is 0 Å². The molecule has 0 saturated heterocycles. The molecule has 0 aliphatic carbocycles. The van der Waals surface area contributed by atoms with Gasteiger partial charge in [-0.05, 0) is 38.5 Å². The molecule has 0 aliphatic rings. The summed E-state index contributed by atoms with van der Waals surface area (Å²) in [6, 6.07) is 0. The molecule has 0 fully saturated rings. The van der Waals surface area contributed by atoms with Crippen molar-refractivity contribution in [2.75, 3.05) is 34.5 Å². The van der Waals surface area contributed by atoms with Crippen LogP contribution in [0.5, 0.6) is 0 Å². The van der Waals surface area contributed by atoms with Crippen LogP contribution in [0.1, 0.15) is 80.1 Å². The second-order valence-electron chi connectivity index (χ2n) is 5.84. The maximum absolute atomic E-state index is 5.72. The monoisotopic (exact) mass is 459 g/mol. The van der Waals surface area contributed by atoms with Crippen LogP contribution < -0.4 is 29.5 Å². The highest BCUT2D eigenvalue weighted by Crippen LogP contribution is 1.93. The van der Waals surface area contributed by atoms with Gasteiger partial charge in [-0.25, -0.2) is 0 Å². The molecule has 0 aromatic heterocycles. The summed E-state index contributed by atoms with van der Waals surface area (Å²) in [4.78, 5) is 0.